The molecule has 0 bridgehead atoms. The summed E-state index contributed by atoms with van der Waals surface area (Å²) < 4.78 is 0. The molecule has 5 nitrogen and oxygen atoms in total. The van der Waals surface area contributed by atoms with Crippen LogP contribution in [0.5, 0.6) is 0 Å². The number of nitrogens with zero attached hydrogens (tertiary/aromatic N) is 1. The number of carbonyl (C=O) groups is 2. The predicted molar refractivity (Wildman–Crippen MR) is 66.9 cm³/mol. The van der Waals surface area contributed by atoms with Crippen molar-refractivity contribution < 1.29 is 9.59 Å². The number of hydrogen-bond donors (Lipinski definition) is 2. The van der Waals surface area contributed by atoms with E-state index in [1.54, 1.807) is 0 Å². The van der Waals surface area contributed by atoms with Crippen LogP contribution in [0.2, 0.25) is 0 Å². The summed E-state index contributed by atoms with van der Waals surface area (Å²) in [6.45, 7) is 3.80. The maximum absolute atomic E-state index is 12.0. The average molecular weight is 251 g/mol. The lowest BCUT2D eigenvalue weighted by Crippen LogP contribution is -2.46. The SMILES string of the molecule is C[C@@H]1C[C@@H]1N1C[C@@H](NC(=O)[C@H]2CCCN2)CC1=O. The van der Waals surface area contributed by atoms with Gasteiger partial charge in [-0.25, -0.2) is 0 Å². The molecule has 2 amide bonds. The summed E-state index contributed by atoms with van der Waals surface area (Å²) in [5.41, 5.74) is 0. The fraction of sp³-hybridized carbons (Fsp3) is 0.846. The van der Waals surface area contributed by atoms with E-state index in [1.807, 2.05) is 4.90 Å². The van der Waals surface area contributed by atoms with Crippen molar-refractivity contribution in [2.45, 2.75) is 50.7 Å². The highest BCUT2D eigenvalue weighted by Crippen LogP contribution is 2.37. The number of nitrogens with one attached hydrogen (secondary N) is 2. The molecule has 2 aliphatic heterocycles. The minimum atomic E-state index is -0.0472. The van der Waals surface area contributed by atoms with Gasteiger partial charge in [-0.15, -0.1) is 0 Å². The molecule has 0 spiro atoms. The van der Waals surface area contributed by atoms with Gasteiger partial charge < -0.3 is 15.5 Å². The summed E-state index contributed by atoms with van der Waals surface area (Å²) in [4.78, 5) is 25.8. The first-order valence-corrected chi connectivity index (χ1v) is 6.98. The van der Waals surface area contributed by atoms with Crippen LogP contribution in [0, 0.1) is 5.92 Å². The van der Waals surface area contributed by atoms with Crippen molar-refractivity contribution >= 4 is 11.8 Å². The molecular formula is C13H21N3O2. The molecule has 0 aromatic rings. The van der Waals surface area contributed by atoms with Crippen LogP contribution in [0.4, 0.5) is 0 Å². The molecule has 3 fully saturated rings. The minimum absolute atomic E-state index is 0.0141. The smallest absolute Gasteiger partial charge is 0.237 e. The van der Waals surface area contributed by atoms with Gasteiger partial charge in [0.2, 0.25) is 11.8 Å². The Morgan fingerprint density at radius 2 is 2.28 bits per heavy atom. The number of amides is 2. The maximum atomic E-state index is 12.0. The van der Waals surface area contributed by atoms with Crippen molar-refractivity contribution in [2.75, 3.05) is 13.1 Å². The Balaban J connectivity index is 1.52. The van der Waals surface area contributed by atoms with Gasteiger partial charge in [-0.05, 0) is 31.7 Å². The zero-order valence-corrected chi connectivity index (χ0v) is 10.8. The molecule has 0 aromatic heterocycles. The molecule has 2 N–H and O–H groups in total. The normalized spacial score (nSPS) is 39.2. The molecule has 3 aliphatic rings. The molecular weight excluding hydrogens is 230 g/mol. The minimum Gasteiger partial charge on any atom is -0.350 e. The second kappa shape index (κ2) is 4.53. The van der Waals surface area contributed by atoms with E-state index in [4.69, 9.17) is 0 Å². The molecule has 4 atom stereocenters. The molecule has 1 saturated carbocycles. The Morgan fingerprint density at radius 1 is 1.50 bits per heavy atom. The number of rotatable bonds is 3. The fourth-order valence-corrected chi connectivity index (χ4v) is 3.10. The van der Waals surface area contributed by atoms with E-state index in [1.165, 1.54) is 0 Å². The quantitative estimate of drug-likeness (QED) is 0.734. The summed E-state index contributed by atoms with van der Waals surface area (Å²) in [5.74, 6) is 0.907. The summed E-state index contributed by atoms with van der Waals surface area (Å²) in [6, 6.07) is 0.401. The van der Waals surface area contributed by atoms with Crippen LogP contribution >= 0.6 is 0 Å². The maximum Gasteiger partial charge on any atom is 0.237 e. The van der Waals surface area contributed by atoms with Crippen molar-refractivity contribution in [2.24, 2.45) is 5.92 Å². The standard InChI is InChI=1S/C13H21N3O2/c1-8-5-11(8)16-7-9(6-12(16)17)15-13(18)10-3-2-4-14-10/h8-11,14H,2-7H2,1H3,(H,15,18)/t8-,9+,10-,11+/m1/s1. The lowest BCUT2D eigenvalue weighted by atomic mass is 10.2. The molecule has 100 valence electrons. The van der Waals surface area contributed by atoms with E-state index < -0.39 is 0 Å². The van der Waals surface area contributed by atoms with Gasteiger partial charge in [0.25, 0.3) is 0 Å². The van der Waals surface area contributed by atoms with Gasteiger partial charge in [0.05, 0.1) is 12.1 Å². The van der Waals surface area contributed by atoms with Gasteiger partial charge in [-0.2, -0.15) is 0 Å². The van der Waals surface area contributed by atoms with E-state index in [0.717, 1.165) is 25.8 Å². The predicted octanol–water partition coefficient (Wildman–Crippen LogP) is -0.136. The molecule has 0 radical (unpaired) electrons. The molecule has 0 aromatic carbocycles. The third kappa shape index (κ3) is 2.23. The Kier molecular flexibility index (Phi) is 3.01. The lowest BCUT2D eigenvalue weighted by molar-refractivity contribution is -0.128. The van der Waals surface area contributed by atoms with E-state index in [-0.39, 0.29) is 23.9 Å². The highest BCUT2D eigenvalue weighted by atomic mass is 16.2. The number of hydrogen-bond acceptors (Lipinski definition) is 3. The topological polar surface area (TPSA) is 61.4 Å². The van der Waals surface area contributed by atoms with Gasteiger partial charge in [-0.1, -0.05) is 6.92 Å². The van der Waals surface area contributed by atoms with Gasteiger partial charge in [0, 0.05) is 19.0 Å². The van der Waals surface area contributed by atoms with Crippen molar-refractivity contribution in [1.29, 1.82) is 0 Å². The van der Waals surface area contributed by atoms with Crippen molar-refractivity contribution in [3.05, 3.63) is 0 Å². The Hall–Kier alpha value is -1.10. The molecule has 3 rings (SSSR count). The summed E-state index contributed by atoms with van der Waals surface area (Å²) in [5, 5.41) is 6.20. The summed E-state index contributed by atoms with van der Waals surface area (Å²) >= 11 is 0. The first kappa shape index (κ1) is 12.0. The molecule has 0 unspecified atom stereocenters. The molecule has 2 saturated heterocycles. The first-order chi connectivity index (χ1) is 8.65. The van der Waals surface area contributed by atoms with Crippen LogP contribution in [0.3, 0.4) is 0 Å². The Labute approximate surface area is 107 Å². The monoisotopic (exact) mass is 251 g/mol. The van der Waals surface area contributed by atoms with Crippen LogP contribution < -0.4 is 10.6 Å². The van der Waals surface area contributed by atoms with E-state index >= 15 is 0 Å². The summed E-state index contributed by atoms with van der Waals surface area (Å²) in [7, 11) is 0. The second-order valence-corrected chi connectivity index (χ2v) is 5.89. The van der Waals surface area contributed by atoms with Crippen molar-refractivity contribution in [3.63, 3.8) is 0 Å². The van der Waals surface area contributed by atoms with Crippen LogP contribution in [0.25, 0.3) is 0 Å². The van der Waals surface area contributed by atoms with E-state index in [2.05, 4.69) is 17.6 Å². The van der Waals surface area contributed by atoms with Crippen LogP contribution in [-0.2, 0) is 9.59 Å². The molecule has 18 heavy (non-hydrogen) atoms. The number of likely N-dealkylation sites (tertiary alicyclic amines) is 1. The third-order valence-corrected chi connectivity index (χ3v) is 4.35. The largest absolute Gasteiger partial charge is 0.350 e. The Morgan fingerprint density at radius 3 is 2.89 bits per heavy atom. The second-order valence-electron chi connectivity index (χ2n) is 5.89. The van der Waals surface area contributed by atoms with Gasteiger partial charge in [0.15, 0.2) is 0 Å². The van der Waals surface area contributed by atoms with Crippen LogP contribution in [0.15, 0.2) is 0 Å². The van der Waals surface area contributed by atoms with E-state index in [0.29, 0.717) is 24.9 Å². The fourth-order valence-electron chi connectivity index (χ4n) is 3.10. The summed E-state index contributed by atoms with van der Waals surface area (Å²) in [6.07, 6.45) is 3.57. The van der Waals surface area contributed by atoms with Gasteiger partial charge in [-0.3, -0.25) is 9.59 Å². The number of carbonyl (C=O) groups excluding carboxylic acids is 2. The van der Waals surface area contributed by atoms with Crippen molar-refractivity contribution in [3.8, 4) is 0 Å². The third-order valence-electron chi connectivity index (χ3n) is 4.35. The molecule has 1 aliphatic carbocycles. The highest BCUT2D eigenvalue weighted by molar-refractivity contribution is 5.85. The molecule has 2 heterocycles. The first-order valence-electron chi connectivity index (χ1n) is 6.98. The van der Waals surface area contributed by atoms with E-state index in [9.17, 15) is 9.59 Å². The average Bonchev–Trinajstić information content (AvgIpc) is 2.80. The van der Waals surface area contributed by atoms with Crippen LogP contribution in [0.1, 0.15) is 32.6 Å². The zero-order valence-electron chi connectivity index (χ0n) is 10.8. The lowest BCUT2D eigenvalue weighted by Gasteiger charge is -2.18. The van der Waals surface area contributed by atoms with Gasteiger partial charge in [0.1, 0.15) is 0 Å². The van der Waals surface area contributed by atoms with Gasteiger partial charge >= 0.3 is 0 Å². The Bertz CT molecular complexity index is 365. The van der Waals surface area contributed by atoms with Crippen molar-refractivity contribution in [1.82, 2.24) is 15.5 Å². The highest BCUT2D eigenvalue weighted by Gasteiger charge is 2.45. The zero-order chi connectivity index (χ0) is 12.7. The van der Waals surface area contributed by atoms with Crippen LogP contribution in [-0.4, -0.2) is 47.9 Å². The molecule has 5 heteroatoms.